The number of halogens is 1. The number of amides is 2. The Bertz CT molecular complexity index is 1040. The molecule has 0 saturated carbocycles. The van der Waals surface area contributed by atoms with Gasteiger partial charge in [0.15, 0.2) is 5.76 Å². The number of hydrogen-bond acceptors (Lipinski definition) is 5. The molecule has 2 heterocycles. The highest BCUT2D eigenvalue weighted by Crippen LogP contribution is 2.28. The number of primary amides is 1. The highest BCUT2D eigenvalue weighted by atomic mass is 32.2. The average molecular weight is 423 g/mol. The predicted octanol–water partition coefficient (Wildman–Crippen LogP) is 1.81. The second-order valence-corrected chi connectivity index (χ2v) is 8.82. The van der Waals surface area contributed by atoms with Crippen LogP contribution in [0.3, 0.4) is 0 Å². The number of likely N-dealkylation sites (N-methyl/N-ethyl adjacent to an activating group) is 1. The van der Waals surface area contributed by atoms with Crippen LogP contribution in [-0.2, 0) is 14.8 Å². The van der Waals surface area contributed by atoms with Gasteiger partial charge in [0.2, 0.25) is 15.9 Å². The second kappa shape index (κ2) is 7.96. The van der Waals surface area contributed by atoms with Gasteiger partial charge in [-0.15, -0.1) is 0 Å². The minimum absolute atomic E-state index is 0.0787. The molecule has 2 aromatic rings. The molecule has 3 rings (SSSR count). The van der Waals surface area contributed by atoms with Crippen molar-refractivity contribution in [2.75, 3.05) is 20.1 Å². The summed E-state index contributed by atoms with van der Waals surface area (Å²) in [4.78, 5) is 25.8. The van der Waals surface area contributed by atoms with E-state index >= 15 is 0 Å². The zero-order valence-corrected chi connectivity index (χ0v) is 16.9. The van der Waals surface area contributed by atoms with Crippen LogP contribution in [0.15, 0.2) is 39.6 Å². The van der Waals surface area contributed by atoms with Crippen molar-refractivity contribution in [1.29, 1.82) is 0 Å². The van der Waals surface area contributed by atoms with Crippen LogP contribution in [0.5, 0.6) is 0 Å². The standard InChI is InChI=1S/C19H22FN3O5S/c1-12-16(29(26,27)23-8-3-4-9-23)11-15(28-12)19(25)22(2)17(18(21)24)13-6-5-7-14(20)10-13/h5-7,10-11,17H,3-4,8-9H2,1-2H3,(H2,21,24). The molecule has 8 nitrogen and oxygen atoms in total. The number of sulfonamides is 1. The van der Waals surface area contributed by atoms with Crippen LogP contribution in [0.25, 0.3) is 0 Å². The number of rotatable bonds is 6. The van der Waals surface area contributed by atoms with Gasteiger partial charge in [0.1, 0.15) is 22.5 Å². The first-order valence-corrected chi connectivity index (χ1v) is 10.5. The fourth-order valence-electron chi connectivity index (χ4n) is 3.44. The summed E-state index contributed by atoms with van der Waals surface area (Å²) in [6, 6.07) is 5.09. The molecule has 1 aliphatic heterocycles. The molecule has 1 unspecified atom stereocenters. The summed E-state index contributed by atoms with van der Waals surface area (Å²) in [6.07, 6.45) is 1.55. The first-order valence-electron chi connectivity index (χ1n) is 9.05. The summed E-state index contributed by atoms with van der Waals surface area (Å²) in [6.45, 7) is 2.29. The first kappa shape index (κ1) is 21.0. The summed E-state index contributed by atoms with van der Waals surface area (Å²) in [5, 5.41) is 0. The lowest BCUT2D eigenvalue weighted by molar-refractivity contribution is -0.122. The van der Waals surface area contributed by atoms with Gasteiger partial charge in [-0.25, -0.2) is 12.8 Å². The lowest BCUT2D eigenvalue weighted by Crippen LogP contribution is -2.39. The van der Waals surface area contributed by atoms with Gasteiger partial charge in [0.05, 0.1) is 0 Å². The minimum atomic E-state index is -3.77. The van der Waals surface area contributed by atoms with Crippen molar-refractivity contribution in [2.45, 2.75) is 30.7 Å². The quantitative estimate of drug-likeness (QED) is 0.761. The van der Waals surface area contributed by atoms with Gasteiger partial charge in [-0.3, -0.25) is 9.59 Å². The van der Waals surface area contributed by atoms with Crippen molar-refractivity contribution in [1.82, 2.24) is 9.21 Å². The number of benzene rings is 1. The number of aryl methyl sites for hydroxylation is 1. The van der Waals surface area contributed by atoms with Crippen LogP contribution in [0.4, 0.5) is 4.39 Å². The Kier molecular flexibility index (Phi) is 5.76. The lowest BCUT2D eigenvalue weighted by Gasteiger charge is -2.25. The van der Waals surface area contributed by atoms with E-state index in [2.05, 4.69) is 0 Å². The monoisotopic (exact) mass is 423 g/mol. The van der Waals surface area contributed by atoms with Crippen LogP contribution in [-0.4, -0.2) is 49.6 Å². The molecular weight excluding hydrogens is 401 g/mol. The van der Waals surface area contributed by atoms with Gasteiger partial charge in [0.25, 0.3) is 5.91 Å². The van der Waals surface area contributed by atoms with Gasteiger partial charge in [-0.05, 0) is 37.5 Å². The van der Waals surface area contributed by atoms with Gasteiger partial charge in [-0.1, -0.05) is 12.1 Å². The van der Waals surface area contributed by atoms with E-state index in [1.54, 1.807) is 0 Å². The van der Waals surface area contributed by atoms with Crippen molar-refractivity contribution in [3.8, 4) is 0 Å². The molecule has 0 radical (unpaired) electrons. The maximum atomic E-state index is 13.6. The van der Waals surface area contributed by atoms with Crippen LogP contribution >= 0.6 is 0 Å². The topological polar surface area (TPSA) is 114 Å². The van der Waals surface area contributed by atoms with Gasteiger partial charge >= 0.3 is 0 Å². The molecular formula is C19H22FN3O5S. The average Bonchev–Trinajstić information content (AvgIpc) is 3.31. The van der Waals surface area contributed by atoms with Crippen molar-refractivity contribution < 1.29 is 26.8 Å². The number of nitrogens with zero attached hydrogens (tertiary/aromatic N) is 2. The van der Waals surface area contributed by atoms with E-state index in [1.165, 1.54) is 36.5 Å². The third-order valence-corrected chi connectivity index (χ3v) is 6.91. The molecule has 10 heteroatoms. The normalized spacial score (nSPS) is 16.0. The van der Waals surface area contributed by atoms with Crippen molar-refractivity contribution in [2.24, 2.45) is 5.73 Å². The Balaban J connectivity index is 1.92. The minimum Gasteiger partial charge on any atom is -0.455 e. The molecule has 0 aliphatic carbocycles. The highest BCUT2D eigenvalue weighted by Gasteiger charge is 2.34. The van der Waals surface area contributed by atoms with Gasteiger partial charge in [0, 0.05) is 26.2 Å². The molecule has 0 spiro atoms. The number of nitrogens with two attached hydrogens (primary N) is 1. The third kappa shape index (κ3) is 4.03. The molecule has 29 heavy (non-hydrogen) atoms. The van der Waals surface area contributed by atoms with Crippen LogP contribution in [0.2, 0.25) is 0 Å². The van der Waals surface area contributed by atoms with E-state index in [4.69, 9.17) is 10.2 Å². The van der Waals surface area contributed by atoms with E-state index < -0.39 is 33.7 Å². The molecule has 1 aliphatic rings. The van der Waals surface area contributed by atoms with E-state index in [0.29, 0.717) is 13.1 Å². The summed E-state index contributed by atoms with van der Waals surface area (Å²) >= 11 is 0. The summed E-state index contributed by atoms with van der Waals surface area (Å²) in [5.41, 5.74) is 5.63. The van der Waals surface area contributed by atoms with E-state index in [0.717, 1.165) is 29.9 Å². The Labute approximate surface area is 168 Å². The van der Waals surface area contributed by atoms with E-state index in [-0.39, 0.29) is 22.0 Å². The van der Waals surface area contributed by atoms with E-state index in [9.17, 15) is 22.4 Å². The molecule has 1 saturated heterocycles. The van der Waals surface area contributed by atoms with Crippen LogP contribution < -0.4 is 5.73 Å². The largest absolute Gasteiger partial charge is 0.455 e. The fourth-order valence-corrected chi connectivity index (χ4v) is 5.12. The predicted molar refractivity (Wildman–Crippen MR) is 102 cm³/mol. The number of hydrogen-bond donors (Lipinski definition) is 1. The molecule has 156 valence electrons. The molecule has 1 atom stereocenters. The van der Waals surface area contributed by atoms with Crippen molar-refractivity contribution in [3.63, 3.8) is 0 Å². The summed E-state index contributed by atoms with van der Waals surface area (Å²) < 4.78 is 45.9. The summed E-state index contributed by atoms with van der Waals surface area (Å²) in [5.74, 6) is -2.36. The zero-order valence-electron chi connectivity index (χ0n) is 16.1. The van der Waals surface area contributed by atoms with E-state index in [1.807, 2.05) is 0 Å². The van der Waals surface area contributed by atoms with Crippen molar-refractivity contribution in [3.05, 3.63) is 53.2 Å². The maximum absolute atomic E-state index is 13.6. The molecule has 1 aromatic heterocycles. The number of furan rings is 1. The Hall–Kier alpha value is -2.72. The third-order valence-electron chi connectivity index (χ3n) is 4.91. The first-order chi connectivity index (χ1) is 13.6. The number of carbonyl (C=O) groups excluding carboxylic acids is 2. The molecule has 1 fully saturated rings. The second-order valence-electron chi connectivity index (χ2n) is 6.92. The smallest absolute Gasteiger partial charge is 0.290 e. The molecule has 2 amide bonds. The Morgan fingerprint density at radius 2 is 1.90 bits per heavy atom. The molecule has 2 N–H and O–H groups in total. The van der Waals surface area contributed by atoms with Gasteiger partial charge in [-0.2, -0.15) is 4.31 Å². The fraction of sp³-hybridized carbons (Fsp3) is 0.368. The summed E-state index contributed by atoms with van der Waals surface area (Å²) in [7, 11) is -2.46. The SMILES string of the molecule is Cc1oc(C(=O)N(C)C(C(N)=O)c2cccc(F)c2)cc1S(=O)(=O)N1CCCC1. The zero-order chi connectivity index (χ0) is 21.3. The molecule has 1 aromatic carbocycles. The van der Waals surface area contributed by atoms with Gasteiger partial charge < -0.3 is 15.1 Å². The van der Waals surface area contributed by atoms with Crippen molar-refractivity contribution >= 4 is 21.8 Å². The molecule has 0 bridgehead atoms. The van der Waals surface area contributed by atoms with Crippen LogP contribution in [0.1, 0.15) is 40.8 Å². The Morgan fingerprint density at radius 3 is 2.48 bits per heavy atom. The Morgan fingerprint density at radius 1 is 1.24 bits per heavy atom. The highest BCUT2D eigenvalue weighted by molar-refractivity contribution is 7.89. The van der Waals surface area contributed by atoms with Crippen LogP contribution in [0, 0.1) is 12.7 Å². The lowest BCUT2D eigenvalue weighted by atomic mass is 10.0. The maximum Gasteiger partial charge on any atom is 0.290 e. The number of carbonyl (C=O) groups is 2.